The molecule has 2 aromatic heterocycles. The number of thiophene rings is 1. The third kappa shape index (κ3) is 1.69. The van der Waals surface area contributed by atoms with E-state index in [0.717, 1.165) is 28.2 Å². The van der Waals surface area contributed by atoms with E-state index in [4.69, 9.17) is 5.26 Å². The maximum atomic E-state index is 9.06. The number of benzene rings is 1. The highest BCUT2D eigenvalue weighted by atomic mass is 32.1. The molecule has 18 heavy (non-hydrogen) atoms. The van der Waals surface area contributed by atoms with E-state index in [1.54, 1.807) is 17.4 Å². The van der Waals surface area contributed by atoms with Crippen LogP contribution in [0.4, 0.5) is 0 Å². The molecule has 3 aromatic rings. The van der Waals surface area contributed by atoms with Crippen LogP contribution in [0.15, 0.2) is 30.3 Å². The summed E-state index contributed by atoms with van der Waals surface area (Å²) >= 11 is 1.74. The van der Waals surface area contributed by atoms with Gasteiger partial charge in [-0.2, -0.15) is 5.26 Å². The van der Waals surface area contributed by atoms with Crippen LogP contribution in [0.3, 0.4) is 0 Å². The molecule has 0 atom stereocenters. The zero-order chi connectivity index (χ0) is 12.5. The van der Waals surface area contributed by atoms with Crippen molar-refractivity contribution in [3.8, 4) is 16.8 Å². The Labute approximate surface area is 109 Å². The summed E-state index contributed by atoms with van der Waals surface area (Å²) in [6.45, 7) is 2.14. The topological polar surface area (TPSA) is 52.5 Å². The SMILES string of the molecule is CCc1ccc(-c2nc3c(C#N)cccc3[nH]2)s1. The first-order chi connectivity index (χ1) is 8.81. The van der Waals surface area contributed by atoms with Gasteiger partial charge < -0.3 is 4.98 Å². The summed E-state index contributed by atoms with van der Waals surface area (Å²) in [6.07, 6.45) is 1.04. The van der Waals surface area contributed by atoms with Gasteiger partial charge in [-0.3, -0.25) is 0 Å². The molecule has 0 radical (unpaired) electrons. The normalized spacial score (nSPS) is 10.7. The minimum absolute atomic E-state index is 0.613. The molecule has 0 bridgehead atoms. The zero-order valence-electron chi connectivity index (χ0n) is 9.90. The summed E-state index contributed by atoms with van der Waals surface area (Å²) < 4.78 is 0. The Bertz CT molecular complexity index is 746. The number of rotatable bonds is 2. The van der Waals surface area contributed by atoms with Crippen molar-refractivity contribution in [2.24, 2.45) is 0 Å². The number of hydrogen-bond donors (Lipinski definition) is 1. The lowest BCUT2D eigenvalue weighted by atomic mass is 10.2. The first kappa shape index (κ1) is 11.0. The van der Waals surface area contributed by atoms with Gasteiger partial charge in [0.05, 0.1) is 16.0 Å². The van der Waals surface area contributed by atoms with Gasteiger partial charge in [-0.15, -0.1) is 11.3 Å². The molecule has 0 aliphatic rings. The van der Waals surface area contributed by atoms with Gasteiger partial charge in [0.25, 0.3) is 0 Å². The predicted octanol–water partition coefficient (Wildman–Crippen LogP) is 3.73. The fourth-order valence-electron chi connectivity index (χ4n) is 1.93. The second kappa shape index (κ2) is 4.28. The van der Waals surface area contributed by atoms with Gasteiger partial charge in [0.2, 0.25) is 0 Å². The Hall–Kier alpha value is -2.12. The molecule has 4 heteroatoms. The summed E-state index contributed by atoms with van der Waals surface area (Å²) in [6, 6.07) is 12.0. The summed E-state index contributed by atoms with van der Waals surface area (Å²) in [5.74, 6) is 0.845. The Morgan fingerprint density at radius 3 is 2.94 bits per heavy atom. The highest BCUT2D eigenvalue weighted by molar-refractivity contribution is 7.15. The Morgan fingerprint density at radius 2 is 2.22 bits per heavy atom. The quantitative estimate of drug-likeness (QED) is 0.756. The number of aromatic nitrogens is 2. The van der Waals surface area contributed by atoms with Crippen molar-refractivity contribution >= 4 is 22.4 Å². The maximum absolute atomic E-state index is 9.06. The van der Waals surface area contributed by atoms with Crippen molar-refractivity contribution in [1.82, 2.24) is 9.97 Å². The molecule has 0 aliphatic carbocycles. The fraction of sp³-hybridized carbons (Fsp3) is 0.143. The minimum atomic E-state index is 0.613. The van der Waals surface area contributed by atoms with Crippen LogP contribution in [0.1, 0.15) is 17.4 Å². The van der Waals surface area contributed by atoms with E-state index >= 15 is 0 Å². The van der Waals surface area contributed by atoms with Crippen LogP contribution in [0.25, 0.3) is 21.7 Å². The number of nitrogens with one attached hydrogen (secondary N) is 1. The molecule has 1 N–H and O–H groups in total. The number of aryl methyl sites for hydroxylation is 1. The first-order valence-electron chi connectivity index (χ1n) is 5.79. The lowest BCUT2D eigenvalue weighted by Gasteiger charge is -1.88. The van der Waals surface area contributed by atoms with Crippen molar-refractivity contribution in [2.45, 2.75) is 13.3 Å². The highest BCUT2D eigenvalue weighted by Crippen LogP contribution is 2.28. The molecule has 0 unspecified atom stereocenters. The summed E-state index contributed by atoms with van der Waals surface area (Å²) in [4.78, 5) is 10.3. The molecule has 3 rings (SSSR count). The molecular weight excluding hydrogens is 242 g/mol. The number of hydrogen-bond acceptors (Lipinski definition) is 3. The molecule has 1 aromatic carbocycles. The number of imidazole rings is 1. The van der Waals surface area contributed by atoms with Gasteiger partial charge in [-0.1, -0.05) is 13.0 Å². The van der Waals surface area contributed by atoms with Crippen LogP contribution in [-0.4, -0.2) is 9.97 Å². The molecule has 0 amide bonds. The number of para-hydroxylation sites is 1. The minimum Gasteiger partial charge on any atom is -0.337 e. The number of fused-ring (bicyclic) bond motifs is 1. The van der Waals surface area contributed by atoms with Crippen LogP contribution in [0, 0.1) is 11.3 Å². The van der Waals surface area contributed by atoms with Crippen molar-refractivity contribution in [3.05, 3.63) is 40.8 Å². The number of nitrogens with zero attached hydrogens (tertiary/aromatic N) is 2. The lowest BCUT2D eigenvalue weighted by Crippen LogP contribution is -1.76. The van der Waals surface area contributed by atoms with E-state index in [0.29, 0.717) is 5.56 Å². The molecule has 0 fully saturated rings. The molecule has 0 saturated carbocycles. The average molecular weight is 253 g/mol. The van der Waals surface area contributed by atoms with Gasteiger partial charge in [0.15, 0.2) is 0 Å². The van der Waals surface area contributed by atoms with E-state index in [1.165, 1.54) is 4.88 Å². The Kier molecular flexibility index (Phi) is 2.62. The summed E-state index contributed by atoms with van der Waals surface area (Å²) in [7, 11) is 0. The van der Waals surface area contributed by atoms with Crippen molar-refractivity contribution in [1.29, 1.82) is 5.26 Å². The van der Waals surface area contributed by atoms with E-state index in [1.807, 2.05) is 12.1 Å². The number of H-pyrrole nitrogens is 1. The lowest BCUT2D eigenvalue weighted by molar-refractivity contribution is 1.19. The molecular formula is C14H11N3S. The molecule has 2 heterocycles. The molecule has 0 saturated heterocycles. The van der Waals surface area contributed by atoms with E-state index in [-0.39, 0.29) is 0 Å². The van der Waals surface area contributed by atoms with E-state index < -0.39 is 0 Å². The first-order valence-corrected chi connectivity index (χ1v) is 6.61. The Balaban J connectivity index is 2.16. The van der Waals surface area contributed by atoms with Crippen molar-refractivity contribution in [3.63, 3.8) is 0 Å². The molecule has 0 aliphatic heterocycles. The number of aromatic amines is 1. The Morgan fingerprint density at radius 1 is 1.33 bits per heavy atom. The third-order valence-corrected chi connectivity index (χ3v) is 4.11. The van der Waals surface area contributed by atoms with E-state index in [2.05, 4.69) is 35.1 Å². The van der Waals surface area contributed by atoms with Crippen LogP contribution in [0.5, 0.6) is 0 Å². The zero-order valence-corrected chi connectivity index (χ0v) is 10.7. The monoisotopic (exact) mass is 253 g/mol. The second-order valence-corrected chi connectivity index (χ2v) is 5.19. The summed E-state index contributed by atoms with van der Waals surface area (Å²) in [5, 5.41) is 9.06. The predicted molar refractivity (Wildman–Crippen MR) is 73.5 cm³/mol. The largest absolute Gasteiger partial charge is 0.337 e. The van der Waals surface area contributed by atoms with Gasteiger partial charge in [-0.05, 0) is 30.7 Å². The van der Waals surface area contributed by atoms with Crippen LogP contribution in [-0.2, 0) is 6.42 Å². The van der Waals surface area contributed by atoms with Crippen molar-refractivity contribution < 1.29 is 0 Å². The van der Waals surface area contributed by atoms with Gasteiger partial charge in [-0.25, -0.2) is 4.98 Å². The van der Waals surface area contributed by atoms with Gasteiger partial charge >= 0.3 is 0 Å². The fourth-order valence-corrected chi connectivity index (χ4v) is 2.83. The van der Waals surface area contributed by atoms with E-state index in [9.17, 15) is 0 Å². The van der Waals surface area contributed by atoms with Gasteiger partial charge in [0.1, 0.15) is 17.4 Å². The second-order valence-electron chi connectivity index (χ2n) is 4.02. The highest BCUT2D eigenvalue weighted by Gasteiger charge is 2.10. The average Bonchev–Trinajstić information content (AvgIpc) is 3.03. The van der Waals surface area contributed by atoms with Crippen LogP contribution < -0.4 is 0 Å². The molecule has 0 spiro atoms. The van der Waals surface area contributed by atoms with Crippen LogP contribution >= 0.6 is 11.3 Å². The standard InChI is InChI=1S/C14H11N3S/c1-2-10-6-7-12(18-10)14-16-11-5-3-4-9(8-15)13(11)17-14/h3-7H,2H2,1H3,(H,16,17). The summed E-state index contributed by atoms with van der Waals surface area (Å²) in [5.41, 5.74) is 2.28. The molecule has 3 nitrogen and oxygen atoms in total. The maximum Gasteiger partial charge on any atom is 0.148 e. The smallest absolute Gasteiger partial charge is 0.148 e. The molecule has 88 valence electrons. The number of nitriles is 1. The van der Waals surface area contributed by atoms with Crippen LogP contribution in [0.2, 0.25) is 0 Å². The third-order valence-electron chi connectivity index (χ3n) is 2.88. The van der Waals surface area contributed by atoms with Crippen molar-refractivity contribution in [2.75, 3.05) is 0 Å². The van der Waals surface area contributed by atoms with Gasteiger partial charge in [0, 0.05) is 4.88 Å².